The van der Waals surface area contributed by atoms with Crippen molar-refractivity contribution in [1.82, 2.24) is 14.9 Å². The maximum atomic E-state index is 13.5. The Morgan fingerprint density at radius 1 is 1.47 bits per heavy atom. The fourth-order valence-corrected chi connectivity index (χ4v) is 2.27. The van der Waals surface area contributed by atoms with Crippen molar-refractivity contribution in [2.75, 3.05) is 7.05 Å². The molecule has 6 heteroatoms. The van der Waals surface area contributed by atoms with Gasteiger partial charge in [0.1, 0.15) is 17.3 Å². The van der Waals surface area contributed by atoms with Crippen LogP contribution in [0.2, 0.25) is 5.02 Å². The molecule has 0 bridgehead atoms. The fourth-order valence-electron chi connectivity index (χ4n) is 2.11. The molecular weight excluding hydrogens is 267 g/mol. The van der Waals surface area contributed by atoms with Gasteiger partial charge in [0.15, 0.2) is 0 Å². The first-order chi connectivity index (χ1) is 9.08. The van der Waals surface area contributed by atoms with Gasteiger partial charge in [-0.05, 0) is 13.0 Å². The van der Waals surface area contributed by atoms with E-state index in [1.54, 1.807) is 18.0 Å². The predicted octanol–water partition coefficient (Wildman–Crippen LogP) is 3.11. The lowest BCUT2D eigenvalue weighted by molar-refractivity contribution is 0.366. The number of likely N-dealkylation sites (N-methyl/N-ethyl adjacent to an activating group) is 1. The van der Waals surface area contributed by atoms with Gasteiger partial charge in [0.2, 0.25) is 0 Å². The molecule has 0 aromatic carbocycles. The highest BCUT2D eigenvalue weighted by molar-refractivity contribution is 6.31. The summed E-state index contributed by atoms with van der Waals surface area (Å²) in [5.74, 6) is 0.450. The van der Waals surface area contributed by atoms with Crippen LogP contribution in [0, 0.1) is 0 Å². The Hall–Kier alpha value is -1.88. The van der Waals surface area contributed by atoms with E-state index in [1.807, 2.05) is 19.3 Å². The molecule has 0 spiro atoms. The SMILES string of the molecule is CC1C(F)=CN=C(c2c[nH]c3ncc(Cl)cc23)N1C. The molecule has 0 amide bonds. The number of fused-ring (bicyclic) bond motifs is 1. The highest BCUT2D eigenvalue weighted by Crippen LogP contribution is 2.25. The average Bonchev–Trinajstić information content (AvgIpc) is 2.79. The van der Waals surface area contributed by atoms with Crippen molar-refractivity contribution < 1.29 is 4.39 Å². The number of halogens is 2. The van der Waals surface area contributed by atoms with Gasteiger partial charge in [-0.2, -0.15) is 0 Å². The summed E-state index contributed by atoms with van der Waals surface area (Å²) in [6.07, 6.45) is 4.66. The first-order valence-corrected chi connectivity index (χ1v) is 6.25. The number of nitrogens with zero attached hydrogens (tertiary/aromatic N) is 3. The zero-order valence-electron chi connectivity index (χ0n) is 10.5. The number of rotatable bonds is 1. The third-order valence-electron chi connectivity index (χ3n) is 3.36. The fraction of sp³-hybridized carbons (Fsp3) is 0.231. The van der Waals surface area contributed by atoms with Crippen LogP contribution < -0.4 is 0 Å². The zero-order valence-corrected chi connectivity index (χ0v) is 11.2. The van der Waals surface area contributed by atoms with Crippen LogP contribution in [0.3, 0.4) is 0 Å². The van der Waals surface area contributed by atoms with Crippen molar-refractivity contribution in [2.45, 2.75) is 13.0 Å². The number of H-pyrrole nitrogens is 1. The maximum Gasteiger partial charge on any atom is 0.140 e. The Morgan fingerprint density at radius 2 is 2.26 bits per heavy atom. The minimum absolute atomic E-state index is 0.248. The summed E-state index contributed by atoms with van der Waals surface area (Å²) in [4.78, 5) is 13.2. The van der Waals surface area contributed by atoms with Gasteiger partial charge in [0, 0.05) is 30.4 Å². The van der Waals surface area contributed by atoms with Crippen LogP contribution in [0.1, 0.15) is 12.5 Å². The molecular formula is C13H12ClFN4. The van der Waals surface area contributed by atoms with Gasteiger partial charge in [-0.3, -0.25) is 0 Å². The summed E-state index contributed by atoms with van der Waals surface area (Å²) in [5, 5.41) is 1.43. The number of aromatic nitrogens is 2. The summed E-state index contributed by atoms with van der Waals surface area (Å²) in [6.45, 7) is 1.79. The van der Waals surface area contributed by atoms with Crippen LogP contribution >= 0.6 is 11.6 Å². The van der Waals surface area contributed by atoms with Crippen LogP contribution in [-0.2, 0) is 0 Å². The first-order valence-electron chi connectivity index (χ1n) is 5.87. The zero-order chi connectivity index (χ0) is 13.6. The van der Waals surface area contributed by atoms with E-state index in [2.05, 4.69) is 15.0 Å². The Bertz CT molecular complexity index is 704. The van der Waals surface area contributed by atoms with Crippen molar-refractivity contribution in [3.63, 3.8) is 0 Å². The molecule has 1 unspecified atom stereocenters. The molecule has 4 nitrogen and oxygen atoms in total. The molecule has 19 heavy (non-hydrogen) atoms. The van der Waals surface area contributed by atoms with E-state index in [9.17, 15) is 4.39 Å². The minimum atomic E-state index is -0.329. The number of hydrogen-bond acceptors (Lipinski definition) is 3. The van der Waals surface area contributed by atoms with Gasteiger partial charge in [-0.25, -0.2) is 14.4 Å². The Kier molecular flexibility index (Phi) is 2.78. The summed E-state index contributed by atoms with van der Waals surface area (Å²) in [5.41, 5.74) is 1.60. The number of hydrogen-bond donors (Lipinski definition) is 1. The van der Waals surface area contributed by atoms with E-state index < -0.39 is 0 Å². The molecule has 0 fully saturated rings. The molecule has 1 aliphatic rings. The highest BCUT2D eigenvalue weighted by Gasteiger charge is 2.24. The second kappa shape index (κ2) is 4.35. The number of nitrogens with one attached hydrogen (secondary N) is 1. The lowest BCUT2D eigenvalue weighted by Crippen LogP contribution is -2.38. The minimum Gasteiger partial charge on any atom is -0.350 e. The Balaban J connectivity index is 2.17. The van der Waals surface area contributed by atoms with Crippen molar-refractivity contribution >= 4 is 28.5 Å². The van der Waals surface area contributed by atoms with E-state index >= 15 is 0 Å². The Morgan fingerprint density at radius 3 is 3.05 bits per heavy atom. The van der Waals surface area contributed by atoms with Crippen LogP contribution in [0.4, 0.5) is 4.39 Å². The third kappa shape index (κ3) is 1.90. The smallest absolute Gasteiger partial charge is 0.140 e. The summed E-state index contributed by atoms with van der Waals surface area (Å²) < 4.78 is 13.5. The number of pyridine rings is 1. The second-order valence-corrected chi connectivity index (χ2v) is 4.94. The van der Waals surface area contributed by atoms with Crippen LogP contribution in [-0.4, -0.2) is 33.8 Å². The molecule has 2 aromatic heterocycles. The standard InChI is InChI=1S/C13H12ClFN4/c1-7-11(15)6-18-13(19(7)2)10-5-17-12-9(10)3-8(14)4-16-12/h3-7H,1-2H3,(H,16,17). The lowest BCUT2D eigenvalue weighted by atomic mass is 10.1. The molecule has 1 N–H and O–H groups in total. The van der Waals surface area contributed by atoms with E-state index in [0.29, 0.717) is 10.9 Å². The molecule has 1 atom stereocenters. The predicted molar refractivity (Wildman–Crippen MR) is 74.1 cm³/mol. The van der Waals surface area contributed by atoms with Crippen molar-refractivity contribution in [2.24, 2.45) is 4.99 Å². The van der Waals surface area contributed by atoms with Crippen LogP contribution in [0.25, 0.3) is 11.0 Å². The van der Waals surface area contributed by atoms with Crippen LogP contribution in [0.5, 0.6) is 0 Å². The van der Waals surface area contributed by atoms with Gasteiger partial charge in [-0.15, -0.1) is 0 Å². The third-order valence-corrected chi connectivity index (χ3v) is 3.57. The second-order valence-electron chi connectivity index (χ2n) is 4.51. The van der Waals surface area contributed by atoms with Gasteiger partial charge in [-0.1, -0.05) is 11.6 Å². The topological polar surface area (TPSA) is 44.3 Å². The molecule has 0 aliphatic carbocycles. The lowest BCUT2D eigenvalue weighted by Gasteiger charge is -2.29. The highest BCUT2D eigenvalue weighted by atomic mass is 35.5. The molecule has 0 saturated heterocycles. The molecule has 2 aromatic rings. The maximum absolute atomic E-state index is 13.5. The monoisotopic (exact) mass is 278 g/mol. The molecule has 98 valence electrons. The van der Waals surface area contributed by atoms with E-state index in [1.165, 1.54) is 6.20 Å². The van der Waals surface area contributed by atoms with Gasteiger partial charge < -0.3 is 9.88 Å². The molecule has 1 aliphatic heterocycles. The Labute approximate surface area is 114 Å². The summed E-state index contributed by atoms with van der Waals surface area (Å²) in [7, 11) is 1.81. The largest absolute Gasteiger partial charge is 0.350 e. The molecule has 3 heterocycles. The van der Waals surface area contributed by atoms with Crippen molar-refractivity contribution in [1.29, 1.82) is 0 Å². The first kappa shape index (κ1) is 12.2. The van der Waals surface area contributed by atoms with Gasteiger partial charge in [0.05, 0.1) is 17.3 Å². The van der Waals surface area contributed by atoms with Gasteiger partial charge in [0.25, 0.3) is 0 Å². The van der Waals surface area contributed by atoms with Crippen molar-refractivity contribution in [3.05, 3.63) is 41.1 Å². The molecule has 0 saturated carbocycles. The van der Waals surface area contributed by atoms with E-state index in [-0.39, 0.29) is 11.9 Å². The number of aliphatic imine (C=N–C) groups is 1. The van der Waals surface area contributed by atoms with Crippen molar-refractivity contribution in [3.8, 4) is 0 Å². The molecule has 0 radical (unpaired) electrons. The van der Waals surface area contributed by atoms with E-state index in [4.69, 9.17) is 11.6 Å². The quantitative estimate of drug-likeness (QED) is 0.871. The average molecular weight is 279 g/mol. The molecule has 3 rings (SSSR count). The van der Waals surface area contributed by atoms with Crippen LogP contribution in [0.15, 0.2) is 35.5 Å². The number of aromatic amines is 1. The normalized spacial score (nSPS) is 19.6. The number of amidine groups is 1. The summed E-state index contributed by atoms with van der Waals surface area (Å²) >= 11 is 5.97. The van der Waals surface area contributed by atoms with Gasteiger partial charge >= 0.3 is 0 Å². The summed E-state index contributed by atoms with van der Waals surface area (Å²) in [6, 6.07) is 1.50. The van der Waals surface area contributed by atoms with E-state index in [0.717, 1.165) is 16.6 Å².